The maximum absolute atomic E-state index is 12.6. The molecular weight excluding hydrogens is 346 g/mol. The summed E-state index contributed by atoms with van der Waals surface area (Å²) in [7, 11) is 1.80. The van der Waals surface area contributed by atoms with Crippen LogP contribution in [-0.2, 0) is 16.0 Å². The summed E-state index contributed by atoms with van der Waals surface area (Å²) in [5, 5.41) is 12.0. The quantitative estimate of drug-likeness (QED) is 0.764. The zero-order valence-corrected chi connectivity index (χ0v) is 16.1. The van der Waals surface area contributed by atoms with Gasteiger partial charge in [0, 0.05) is 45.6 Å². The summed E-state index contributed by atoms with van der Waals surface area (Å²) in [4.78, 5) is 38.6. The van der Waals surface area contributed by atoms with Crippen molar-refractivity contribution in [1.82, 2.24) is 15.1 Å². The van der Waals surface area contributed by atoms with E-state index >= 15 is 0 Å². The molecule has 0 radical (unpaired) electrons. The highest BCUT2D eigenvalue weighted by molar-refractivity contribution is 5.75. The number of likely N-dealkylation sites (tertiary alicyclic amines) is 1. The van der Waals surface area contributed by atoms with Crippen LogP contribution in [0.15, 0.2) is 30.3 Å². The van der Waals surface area contributed by atoms with Gasteiger partial charge in [-0.25, -0.2) is 4.79 Å². The molecular formula is C20H29N3O4. The number of carboxylic acids is 1. The number of aliphatic carboxylic acids is 1. The highest BCUT2D eigenvalue weighted by Gasteiger charge is 2.27. The number of carbonyl (C=O) groups excluding carboxylic acids is 2. The van der Waals surface area contributed by atoms with E-state index in [-0.39, 0.29) is 30.4 Å². The number of hydrogen-bond acceptors (Lipinski definition) is 3. The van der Waals surface area contributed by atoms with Gasteiger partial charge in [0.15, 0.2) is 0 Å². The SMILES string of the molecule is CC(=O)N(C)C1CCN(C(=O)NC(CCC(=O)O)Cc2ccccc2)CC1. The molecule has 7 nitrogen and oxygen atoms in total. The van der Waals surface area contributed by atoms with Crippen LogP contribution in [0.1, 0.15) is 38.2 Å². The molecule has 7 heteroatoms. The van der Waals surface area contributed by atoms with Crippen molar-refractivity contribution in [3.05, 3.63) is 35.9 Å². The van der Waals surface area contributed by atoms with Gasteiger partial charge in [0.05, 0.1) is 0 Å². The molecule has 0 bridgehead atoms. The molecule has 1 unspecified atom stereocenters. The van der Waals surface area contributed by atoms with Gasteiger partial charge in [-0.15, -0.1) is 0 Å². The Morgan fingerprint density at radius 1 is 1.22 bits per heavy atom. The van der Waals surface area contributed by atoms with Gasteiger partial charge >= 0.3 is 12.0 Å². The molecule has 2 rings (SSSR count). The first-order valence-electron chi connectivity index (χ1n) is 9.41. The topological polar surface area (TPSA) is 90.0 Å². The molecule has 0 saturated carbocycles. The van der Waals surface area contributed by atoms with Crippen molar-refractivity contribution in [3.8, 4) is 0 Å². The maximum Gasteiger partial charge on any atom is 0.317 e. The number of benzene rings is 1. The number of hydrogen-bond donors (Lipinski definition) is 2. The first-order valence-corrected chi connectivity index (χ1v) is 9.41. The van der Waals surface area contributed by atoms with Crippen molar-refractivity contribution in [2.45, 2.75) is 51.1 Å². The summed E-state index contributed by atoms with van der Waals surface area (Å²) in [5.74, 6) is -0.829. The molecule has 3 amide bonds. The van der Waals surface area contributed by atoms with E-state index in [2.05, 4.69) is 5.32 Å². The Labute approximate surface area is 160 Å². The lowest BCUT2D eigenvalue weighted by Crippen LogP contribution is -2.51. The van der Waals surface area contributed by atoms with Crippen molar-refractivity contribution in [3.63, 3.8) is 0 Å². The van der Waals surface area contributed by atoms with E-state index in [9.17, 15) is 14.4 Å². The Bertz CT molecular complexity index is 642. The van der Waals surface area contributed by atoms with Crippen LogP contribution in [0, 0.1) is 0 Å². The highest BCUT2D eigenvalue weighted by Crippen LogP contribution is 2.16. The maximum atomic E-state index is 12.6. The van der Waals surface area contributed by atoms with Gasteiger partial charge in [-0.05, 0) is 31.2 Å². The van der Waals surface area contributed by atoms with Crippen molar-refractivity contribution < 1.29 is 19.5 Å². The number of rotatable bonds is 7. The van der Waals surface area contributed by atoms with Crippen LogP contribution < -0.4 is 5.32 Å². The van der Waals surface area contributed by atoms with E-state index in [0.29, 0.717) is 25.9 Å². The van der Waals surface area contributed by atoms with Crippen LogP contribution >= 0.6 is 0 Å². The molecule has 1 fully saturated rings. The van der Waals surface area contributed by atoms with Crippen LogP contribution in [0.25, 0.3) is 0 Å². The van der Waals surface area contributed by atoms with E-state index < -0.39 is 5.97 Å². The average Bonchev–Trinajstić information content (AvgIpc) is 2.66. The minimum Gasteiger partial charge on any atom is -0.481 e. The third kappa shape index (κ3) is 6.58. The van der Waals surface area contributed by atoms with Crippen LogP contribution in [0.4, 0.5) is 4.79 Å². The lowest BCUT2D eigenvalue weighted by atomic mass is 10.0. The van der Waals surface area contributed by atoms with E-state index in [1.807, 2.05) is 30.3 Å². The van der Waals surface area contributed by atoms with E-state index in [1.165, 1.54) is 0 Å². The fraction of sp³-hybridized carbons (Fsp3) is 0.550. The van der Waals surface area contributed by atoms with Gasteiger partial charge in [0.25, 0.3) is 0 Å². The van der Waals surface area contributed by atoms with Gasteiger partial charge in [-0.3, -0.25) is 9.59 Å². The number of amides is 3. The molecule has 0 aliphatic carbocycles. The monoisotopic (exact) mass is 375 g/mol. The summed E-state index contributed by atoms with van der Waals surface area (Å²) in [6, 6.07) is 9.52. The van der Waals surface area contributed by atoms with Gasteiger partial charge in [-0.1, -0.05) is 30.3 Å². The van der Waals surface area contributed by atoms with Crippen LogP contribution in [-0.4, -0.2) is 65.0 Å². The van der Waals surface area contributed by atoms with E-state index in [4.69, 9.17) is 5.11 Å². The Morgan fingerprint density at radius 2 is 1.85 bits per heavy atom. The average molecular weight is 375 g/mol. The second kappa shape index (κ2) is 9.94. The summed E-state index contributed by atoms with van der Waals surface area (Å²) in [6.45, 7) is 2.73. The molecule has 1 aromatic rings. The van der Waals surface area contributed by atoms with Crippen molar-refractivity contribution >= 4 is 17.9 Å². The first kappa shape index (κ1) is 20.7. The van der Waals surface area contributed by atoms with Crippen LogP contribution in [0.5, 0.6) is 0 Å². The molecule has 1 aliphatic rings. The van der Waals surface area contributed by atoms with Crippen LogP contribution in [0.3, 0.4) is 0 Å². The molecule has 0 spiro atoms. The third-order valence-corrected chi connectivity index (χ3v) is 5.16. The predicted molar refractivity (Wildman–Crippen MR) is 102 cm³/mol. The molecule has 27 heavy (non-hydrogen) atoms. The Morgan fingerprint density at radius 3 is 2.41 bits per heavy atom. The van der Waals surface area contributed by atoms with Crippen LogP contribution in [0.2, 0.25) is 0 Å². The molecule has 148 valence electrons. The fourth-order valence-electron chi connectivity index (χ4n) is 3.40. The number of nitrogens with one attached hydrogen (secondary N) is 1. The molecule has 0 aromatic heterocycles. The zero-order chi connectivity index (χ0) is 19.8. The van der Waals surface area contributed by atoms with Crippen molar-refractivity contribution in [1.29, 1.82) is 0 Å². The molecule has 1 aromatic carbocycles. The Balaban J connectivity index is 1.91. The van der Waals surface area contributed by atoms with Gasteiger partial charge < -0.3 is 20.2 Å². The summed E-state index contributed by atoms with van der Waals surface area (Å²) >= 11 is 0. The summed E-state index contributed by atoms with van der Waals surface area (Å²) < 4.78 is 0. The lowest BCUT2D eigenvalue weighted by Gasteiger charge is -2.37. The number of nitrogens with zero attached hydrogens (tertiary/aromatic N) is 2. The standard InChI is InChI=1S/C20H29N3O4/c1-15(24)22(2)18-10-12-23(13-11-18)20(27)21-17(8-9-19(25)26)14-16-6-4-3-5-7-16/h3-7,17-18H,8-14H2,1-2H3,(H,21,27)(H,25,26). The fourth-order valence-corrected chi connectivity index (χ4v) is 3.40. The first-order chi connectivity index (χ1) is 12.9. The minimum atomic E-state index is -0.865. The van der Waals surface area contributed by atoms with Gasteiger partial charge in [0.1, 0.15) is 0 Å². The number of carboxylic acid groups (broad SMARTS) is 1. The van der Waals surface area contributed by atoms with Gasteiger partial charge in [-0.2, -0.15) is 0 Å². The molecule has 2 N–H and O–H groups in total. The highest BCUT2D eigenvalue weighted by atomic mass is 16.4. The molecule has 1 saturated heterocycles. The smallest absolute Gasteiger partial charge is 0.317 e. The largest absolute Gasteiger partial charge is 0.481 e. The van der Waals surface area contributed by atoms with E-state index in [1.54, 1.807) is 23.8 Å². The van der Waals surface area contributed by atoms with Crippen molar-refractivity contribution in [2.24, 2.45) is 0 Å². The predicted octanol–water partition coefficient (Wildman–Crippen LogP) is 2.11. The summed E-state index contributed by atoms with van der Waals surface area (Å²) in [5.41, 5.74) is 1.06. The summed E-state index contributed by atoms with van der Waals surface area (Å²) in [6.07, 6.45) is 2.51. The molecule has 1 atom stereocenters. The van der Waals surface area contributed by atoms with Gasteiger partial charge in [0.2, 0.25) is 5.91 Å². The Hall–Kier alpha value is -2.57. The second-order valence-corrected chi connectivity index (χ2v) is 7.12. The van der Waals surface area contributed by atoms with E-state index in [0.717, 1.165) is 18.4 Å². The zero-order valence-electron chi connectivity index (χ0n) is 16.1. The number of carbonyl (C=O) groups is 3. The third-order valence-electron chi connectivity index (χ3n) is 5.16. The second-order valence-electron chi connectivity index (χ2n) is 7.12. The normalized spacial score (nSPS) is 15.9. The number of urea groups is 1. The van der Waals surface area contributed by atoms with Crippen molar-refractivity contribution in [2.75, 3.05) is 20.1 Å². The number of piperidine rings is 1. The molecule has 1 heterocycles. The lowest BCUT2D eigenvalue weighted by molar-refractivity contribution is -0.137. The minimum absolute atomic E-state index is 0.0171. The Kier molecular flexibility index (Phi) is 7.64. The molecule has 1 aliphatic heterocycles.